The topological polar surface area (TPSA) is 58.4 Å². The van der Waals surface area contributed by atoms with Gasteiger partial charge in [0.05, 0.1) is 19.0 Å². The Bertz CT molecular complexity index is 405. The minimum Gasteiger partial charge on any atom is -0.394 e. The van der Waals surface area contributed by atoms with E-state index in [1.807, 2.05) is 15.7 Å². The van der Waals surface area contributed by atoms with Crippen LogP contribution in [0.3, 0.4) is 0 Å². The molecule has 2 unspecified atom stereocenters. The molecule has 0 aromatic carbocycles. The molecule has 0 radical (unpaired) electrons. The molecule has 2 rings (SSSR count). The summed E-state index contributed by atoms with van der Waals surface area (Å²) in [5.74, 6) is 0.163. The van der Waals surface area contributed by atoms with E-state index in [2.05, 4.69) is 11.9 Å². The standard InChI is InChI=1S/C15H25N3O2/c1-2-5-13(17-9-7-16-12-17)10-15(20)18-8-4-3-6-14(18)11-19/h7,9,12-14,19H,2-6,8,10-11H2,1H3. The molecule has 5 heteroatoms. The van der Waals surface area contributed by atoms with Crippen molar-refractivity contribution in [2.75, 3.05) is 13.2 Å². The number of imidazole rings is 1. The second-order valence-electron chi connectivity index (χ2n) is 5.58. The van der Waals surface area contributed by atoms with Gasteiger partial charge in [-0.3, -0.25) is 4.79 Å². The van der Waals surface area contributed by atoms with E-state index in [1.54, 1.807) is 12.5 Å². The van der Waals surface area contributed by atoms with Crippen LogP contribution in [0.1, 0.15) is 51.5 Å². The smallest absolute Gasteiger partial charge is 0.224 e. The molecule has 1 aromatic heterocycles. The summed E-state index contributed by atoms with van der Waals surface area (Å²) in [6, 6.07) is 0.192. The fourth-order valence-corrected chi connectivity index (χ4v) is 3.01. The Kier molecular flexibility index (Phi) is 5.59. The zero-order valence-corrected chi connectivity index (χ0v) is 12.2. The molecule has 1 amide bonds. The maximum absolute atomic E-state index is 12.5. The van der Waals surface area contributed by atoms with Crippen molar-refractivity contribution in [3.05, 3.63) is 18.7 Å². The number of hydrogen-bond acceptors (Lipinski definition) is 3. The molecule has 5 nitrogen and oxygen atoms in total. The summed E-state index contributed by atoms with van der Waals surface area (Å²) < 4.78 is 2.03. The fraction of sp³-hybridized carbons (Fsp3) is 0.733. The van der Waals surface area contributed by atoms with Gasteiger partial charge in [-0.05, 0) is 25.7 Å². The van der Waals surface area contributed by atoms with E-state index in [9.17, 15) is 9.90 Å². The third-order valence-electron chi connectivity index (χ3n) is 4.14. The van der Waals surface area contributed by atoms with Crippen molar-refractivity contribution in [2.45, 2.75) is 57.5 Å². The van der Waals surface area contributed by atoms with Gasteiger partial charge in [-0.1, -0.05) is 13.3 Å². The average Bonchev–Trinajstić information content (AvgIpc) is 3.00. The van der Waals surface area contributed by atoms with Crippen LogP contribution in [0.5, 0.6) is 0 Å². The van der Waals surface area contributed by atoms with Gasteiger partial charge in [-0.15, -0.1) is 0 Å². The van der Waals surface area contributed by atoms with Gasteiger partial charge in [-0.2, -0.15) is 0 Å². The molecule has 1 saturated heterocycles. The number of amides is 1. The Hall–Kier alpha value is -1.36. The van der Waals surface area contributed by atoms with Crippen molar-refractivity contribution < 1.29 is 9.90 Å². The van der Waals surface area contributed by atoms with Crippen LogP contribution in [0.15, 0.2) is 18.7 Å². The highest BCUT2D eigenvalue weighted by molar-refractivity contribution is 5.77. The van der Waals surface area contributed by atoms with Gasteiger partial charge < -0.3 is 14.6 Å². The van der Waals surface area contributed by atoms with Gasteiger partial charge in [0.1, 0.15) is 0 Å². The van der Waals surface area contributed by atoms with Gasteiger partial charge in [0.2, 0.25) is 5.91 Å². The van der Waals surface area contributed by atoms with Crippen LogP contribution in [0, 0.1) is 0 Å². The molecule has 0 saturated carbocycles. The Morgan fingerprint density at radius 2 is 2.35 bits per heavy atom. The van der Waals surface area contributed by atoms with Crippen molar-refractivity contribution in [1.29, 1.82) is 0 Å². The van der Waals surface area contributed by atoms with Crippen molar-refractivity contribution in [2.24, 2.45) is 0 Å². The Labute approximate surface area is 120 Å². The van der Waals surface area contributed by atoms with E-state index < -0.39 is 0 Å². The van der Waals surface area contributed by atoms with Crippen molar-refractivity contribution in [1.82, 2.24) is 14.5 Å². The Morgan fingerprint density at radius 1 is 1.50 bits per heavy atom. The van der Waals surface area contributed by atoms with Gasteiger partial charge in [-0.25, -0.2) is 4.98 Å². The Morgan fingerprint density at radius 3 is 3.00 bits per heavy atom. The first-order valence-electron chi connectivity index (χ1n) is 7.64. The highest BCUT2D eigenvalue weighted by Gasteiger charge is 2.27. The SMILES string of the molecule is CCCC(CC(=O)N1CCCCC1CO)n1ccnc1. The molecule has 1 aromatic rings. The summed E-state index contributed by atoms with van der Waals surface area (Å²) in [4.78, 5) is 18.5. The lowest BCUT2D eigenvalue weighted by Gasteiger charge is -2.35. The van der Waals surface area contributed by atoms with E-state index in [1.165, 1.54) is 0 Å². The molecule has 1 N–H and O–H groups in total. The summed E-state index contributed by atoms with van der Waals surface area (Å²) in [5, 5.41) is 9.42. The van der Waals surface area contributed by atoms with Crippen LogP contribution in [0.4, 0.5) is 0 Å². The summed E-state index contributed by atoms with van der Waals surface area (Å²) >= 11 is 0. The van der Waals surface area contributed by atoms with Crippen LogP contribution >= 0.6 is 0 Å². The van der Waals surface area contributed by atoms with Crippen LogP contribution in [-0.2, 0) is 4.79 Å². The molecule has 20 heavy (non-hydrogen) atoms. The minimum absolute atomic E-state index is 0.0151. The lowest BCUT2D eigenvalue weighted by molar-refractivity contribution is -0.136. The van der Waals surface area contributed by atoms with E-state index in [0.29, 0.717) is 6.42 Å². The maximum atomic E-state index is 12.5. The van der Waals surface area contributed by atoms with Crippen LogP contribution in [0.2, 0.25) is 0 Å². The first kappa shape index (κ1) is 15.0. The van der Waals surface area contributed by atoms with Gasteiger partial charge >= 0.3 is 0 Å². The number of carbonyl (C=O) groups excluding carboxylic acids is 1. The second kappa shape index (κ2) is 7.43. The van der Waals surface area contributed by atoms with Gasteiger partial charge in [0, 0.05) is 31.4 Å². The quantitative estimate of drug-likeness (QED) is 0.866. The van der Waals surface area contributed by atoms with Crippen molar-refractivity contribution in [3.8, 4) is 0 Å². The molecule has 0 spiro atoms. The molecule has 2 heterocycles. The molecule has 1 fully saturated rings. The number of piperidine rings is 1. The van der Waals surface area contributed by atoms with Crippen LogP contribution < -0.4 is 0 Å². The number of aromatic nitrogens is 2. The van der Waals surface area contributed by atoms with Crippen LogP contribution in [0.25, 0.3) is 0 Å². The number of hydrogen-bond donors (Lipinski definition) is 1. The Balaban J connectivity index is 2.00. The normalized spacial score (nSPS) is 20.9. The predicted octanol–water partition coefficient (Wildman–Crippen LogP) is 1.99. The molecule has 0 bridgehead atoms. The number of rotatable bonds is 6. The highest BCUT2D eigenvalue weighted by atomic mass is 16.3. The molecular formula is C15H25N3O2. The van der Waals surface area contributed by atoms with Crippen molar-refractivity contribution >= 4 is 5.91 Å². The van der Waals surface area contributed by atoms with Crippen LogP contribution in [-0.4, -0.2) is 44.7 Å². The number of likely N-dealkylation sites (tertiary alicyclic amines) is 1. The largest absolute Gasteiger partial charge is 0.394 e. The third kappa shape index (κ3) is 3.60. The summed E-state index contributed by atoms with van der Waals surface area (Å²) in [6.45, 7) is 2.99. The van der Waals surface area contributed by atoms with E-state index in [-0.39, 0.29) is 24.6 Å². The summed E-state index contributed by atoms with van der Waals surface area (Å²) in [5.41, 5.74) is 0. The molecule has 1 aliphatic heterocycles. The average molecular weight is 279 g/mol. The predicted molar refractivity (Wildman–Crippen MR) is 77.2 cm³/mol. The van der Waals surface area contributed by atoms with E-state index in [0.717, 1.165) is 38.6 Å². The lowest BCUT2D eigenvalue weighted by Crippen LogP contribution is -2.46. The lowest BCUT2D eigenvalue weighted by atomic mass is 10.0. The minimum atomic E-state index is 0.0151. The number of nitrogens with zero attached hydrogens (tertiary/aromatic N) is 3. The molecule has 112 valence electrons. The fourth-order valence-electron chi connectivity index (χ4n) is 3.01. The number of aliphatic hydroxyl groups excluding tert-OH is 1. The van der Waals surface area contributed by atoms with Crippen molar-refractivity contribution in [3.63, 3.8) is 0 Å². The second-order valence-corrected chi connectivity index (χ2v) is 5.58. The highest BCUT2D eigenvalue weighted by Crippen LogP contribution is 2.23. The molecule has 0 aliphatic carbocycles. The third-order valence-corrected chi connectivity index (χ3v) is 4.14. The number of aliphatic hydroxyl groups is 1. The molecular weight excluding hydrogens is 254 g/mol. The van der Waals surface area contributed by atoms with Gasteiger partial charge in [0.25, 0.3) is 0 Å². The maximum Gasteiger partial charge on any atom is 0.224 e. The summed E-state index contributed by atoms with van der Waals surface area (Å²) in [6.07, 6.45) is 11.1. The first-order valence-corrected chi connectivity index (χ1v) is 7.64. The molecule has 2 atom stereocenters. The monoisotopic (exact) mass is 279 g/mol. The zero-order valence-electron chi connectivity index (χ0n) is 12.2. The molecule has 1 aliphatic rings. The first-order chi connectivity index (χ1) is 9.76. The van der Waals surface area contributed by atoms with E-state index in [4.69, 9.17) is 0 Å². The van der Waals surface area contributed by atoms with E-state index >= 15 is 0 Å². The zero-order chi connectivity index (χ0) is 14.4. The van der Waals surface area contributed by atoms with Gasteiger partial charge in [0.15, 0.2) is 0 Å². The summed E-state index contributed by atoms with van der Waals surface area (Å²) in [7, 11) is 0. The number of carbonyl (C=O) groups is 1.